The van der Waals surface area contributed by atoms with Gasteiger partial charge >= 0.3 is 5.97 Å². The number of rotatable bonds is 3. The molecule has 1 aliphatic heterocycles. The van der Waals surface area contributed by atoms with Gasteiger partial charge in [0, 0.05) is 6.54 Å². The highest BCUT2D eigenvalue weighted by Gasteiger charge is 2.48. The van der Waals surface area contributed by atoms with E-state index in [1.54, 1.807) is 6.92 Å². The molecule has 2 rings (SSSR count). The molecule has 0 bridgehead atoms. The summed E-state index contributed by atoms with van der Waals surface area (Å²) < 4.78 is 13.0. The Labute approximate surface area is 110 Å². The highest BCUT2D eigenvalue weighted by molar-refractivity contribution is 5.96. The first-order valence-electron chi connectivity index (χ1n) is 6.19. The fourth-order valence-corrected chi connectivity index (χ4v) is 2.58. The Morgan fingerprint density at radius 1 is 1.53 bits per heavy atom. The van der Waals surface area contributed by atoms with Crippen molar-refractivity contribution >= 4 is 11.9 Å². The number of carboxylic acid groups (broad SMARTS) is 1. The van der Waals surface area contributed by atoms with E-state index in [2.05, 4.69) is 4.98 Å². The summed E-state index contributed by atoms with van der Waals surface area (Å²) in [4.78, 5) is 28.6. The third kappa shape index (κ3) is 2.18. The second-order valence-electron chi connectivity index (χ2n) is 4.60. The number of likely N-dealkylation sites (tertiary alicyclic amines) is 1. The van der Waals surface area contributed by atoms with Crippen LogP contribution in [0.3, 0.4) is 0 Å². The molecule has 0 aromatic carbocycles. The third-order valence-electron chi connectivity index (χ3n) is 3.65. The van der Waals surface area contributed by atoms with Gasteiger partial charge in [-0.15, -0.1) is 0 Å². The number of carboxylic acids is 1. The van der Waals surface area contributed by atoms with Crippen LogP contribution in [-0.4, -0.2) is 39.0 Å². The SMILES string of the molecule is CCC1(C(=O)O)CCCN1C(=O)c1cccc(F)n1. The number of hydrogen-bond acceptors (Lipinski definition) is 3. The molecule has 1 amide bonds. The molecular formula is C13H15FN2O3. The molecule has 1 atom stereocenters. The maximum absolute atomic E-state index is 13.0. The summed E-state index contributed by atoms with van der Waals surface area (Å²) in [6.07, 6.45) is 1.37. The maximum Gasteiger partial charge on any atom is 0.329 e. The summed E-state index contributed by atoms with van der Waals surface area (Å²) in [5.41, 5.74) is -1.24. The van der Waals surface area contributed by atoms with Crippen LogP contribution in [0.2, 0.25) is 0 Å². The highest BCUT2D eigenvalue weighted by atomic mass is 19.1. The van der Waals surface area contributed by atoms with Crippen LogP contribution in [0.15, 0.2) is 18.2 Å². The topological polar surface area (TPSA) is 70.5 Å². The first-order valence-corrected chi connectivity index (χ1v) is 6.19. The summed E-state index contributed by atoms with van der Waals surface area (Å²) >= 11 is 0. The molecule has 1 aromatic heterocycles. The third-order valence-corrected chi connectivity index (χ3v) is 3.65. The molecule has 0 spiro atoms. The molecule has 1 saturated heterocycles. The quantitative estimate of drug-likeness (QED) is 0.845. The molecule has 19 heavy (non-hydrogen) atoms. The number of pyridine rings is 1. The molecule has 102 valence electrons. The minimum Gasteiger partial charge on any atom is -0.479 e. The van der Waals surface area contributed by atoms with Crippen molar-refractivity contribution in [2.75, 3.05) is 6.54 Å². The zero-order valence-corrected chi connectivity index (χ0v) is 10.6. The summed E-state index contributed by atoms with van der Waals surface area (Å²) in [6, 6.07) is 3.93. The number of hydrogen-bond donors (Lipinski definition) is 1. The van der Waals surface area contributed by atoms with Crippen LogP contribution in [0.25, 0.3) is 0 Å². The molecule has 2 heterocycles. The molecule has 1 N–H and O–H groups in total. The highest BCUT2D eigenvalue weighted by Crippen LogP contribution is 2.33. The first-order chi connectivity index (χ1) is 9.01. The lowest BCUT2D eigenvalue weighted by Gasteiger charge is -2.33. The number of aromatic nitrogens is 1. The van der Waals surface area contributed by atoms with Crippen LogP contribution in [-0.2, 0) is 4.79 Å². The van der Waals surface area contributed by atoms with E-state index in [0.717, 1.165) is 6.07 Å². The van der Waals surface area contributed by atoms with Crippen LogP contribution in [0, 0.1) is 5.95 Å². The maximum atomic E-state index is 13.0. The van der Waals surface area contributed by atoms with Gasteiger partial charge in [-0.05, 0) is 31.4 Å². The minimum atomic E-state index is -1.19. The minimum absolute atomic E-state index is 0.0547. The molecule has 0 saturated carbocycles. The van der Waals surface area contributed by atoms with Gasteiger partial charge in [0.15, 0.2) is 0 Å². The van der Waals surface area contributed by atoms with Crippen LogP contribution >= 0.6 is 0 Å². The number of halogens is 1. The number of carbonyl (C=O) groups excluding carboxylic acids is 1. The normalized spacial score (nSPS) is 22.5. The predicted molar refractivity (Wildman–Crippen MR) is 65.1 cm³/mol. The van der Waals surface area contributed by atoms with Gasteiger partial charge in [0.25, 0.3) is 5.91 Å². The molecule has 1 aromatic rings. The average molecular weight is 266 g/mol. The van der Waals surface area contributed by atoms with E-state index in [9.17, 15) is 19.1 Å². The first kappa shape index (κ1) is 13.5. The number of nitrogens with zero attached hydrogens (tertiary/aromatic N) is 2. The molecule has 0 radical (unpaired) electrons. The molecule has 6 heteroatoms. The molecule has 0 aliphatic carbocycles. The van der Waals surface area contributed by atoms with E-state index < -0.39 is 23.4 Å². The summed E-state index contributed by atoms with van der Waals surface area (Å²) in [5, 5.41) is 9.40. The van der Waals surface area contributed by atoms with E-state index in [1.807, 2.05) is 0 Å². The Kier molecular flexibility index (Phi) is 3.50. The Morgan fingerprint density at radius 3 is 2.84 bits per heavy atom. The summed E-state index contributed by atoms with van der Waals surface area (Å²) in [5.74, 6) is -2.29. The predicted octanol–water partition coefficient (Wildman–Crippen LogP) is 1.69. The average Bonchev–Trinajstić information content (AvgIpc) is 2.82. The van der Waals surface area contributed by atoms with Gasteiger partial charge in [0.1, 0.15) is 11.2 Å². The second kappa shape index (κ2) is 4.95. The van der Waals surface area contributed by atoms with Crippen molar-refractivity contribution in [3.63, 3.8) is 0 Å². The number of aliphatic carboxylic acids is 1. The van der Waals surface area contributed by atoms with Gasteiger partial charge in [-0.1, -0.05) is 13.0 Å². The summed E-state index contributed by atoms with van der Waals surface area (Å²) in [6.45, 7) is 2.09. The van der Waals surface area contributed by atoms with Crippen molar-refractivity contribution < 1.29 is 19.1 Å². The van der Waals surface area contributed by atoms with Crippen molar-refractivity contribution in [1.29, 1.82) is 0 Å². The van der Waals surface area contributed by atoms with E-state index in [-0.39, 0.29) is 5.69 Å². The van der Waals surface area contributed by atoms with Crippen molar-refractivity contribution in [2.24, 2.45) is 0 Å². The molecule has 1 aliphatic rings. The molecular weight excluding hydrogens is 251 g/mol. The van der Waals surface area contributed by atoms with E-state index in [4.69, 9.17) is 0 Å². The smallest absolute Gasteiger partial charge is 0.329 e. The monoisotopic (exact) mass is 266 g/mol. The van der Waals surface area contributed by atoms with E-state index in [1.165, 1.54) is 17.0 Å². The number of carbonyl (C=O) groups is 2. The number of amides is 1. The van der Waals surface area contributed by atoms with Gasteiger partial charge in [-0.2, -0.15) is 4.39 Å². The lowest BCUT2D eigenvalue weighted by atomic mass is 9.93. The van der Waals surface area contributed by atoms with Crippen LogP contribution in [0.5, 0.6) is 0 Å². The standard InChI is InChI=1S/C13H15FN2O3/c1-2-13(12(18)19)7-4-8-16(13)11(17)9-5-3-6-10(14)15-9/h3,5-6H,2,4,7-8H2,1H3,(H,18,19). The van der Waals surface area contributed by atoms with Crippen LogP contribution in [0.1, 0.15) is 36.7 Å². The Morgan fingerprint density at radius 2 is 2.26 bits per heavy atom. The zero-order valence-electron chi connectivity index (χ0n) is 10.6. The largest absolute Gasteiger partial charge is 0.479 e. The molecule has 1 fully saturated rings. The van der Waals surface area contributed by atoms with E-state index >= 15 is 0 Å². The van der Waals surface area contributed by atoms with Gasteiger partial charge in [0.05, 0.1) is 0 Å². The van der Waals surface area contributed by atoms with E-state index in [0.29, 0.717) is 25.8 Å². The summed E-state index contributed by atoms with van der Waals surface area (Å²) in [7, 11) is 0. The fraction of sp³-hybridized carbons (Fsp3) is 0.462. The van der Waals surface area contributed by atoms with Gasteiger partial charge < -0.3 is 10.0 Å². The Hall–Kier alpha value is -1.98. The van der Waals surface area contributed by atoms with Gasteiger partial charge in [0.2, 0.25) is 5.95 Å². The van der Waals surface area contributed by atoms with Gasteiger partial charge in [-0.25, -0.2) is 9.78 Å². The van der Waals surface area contributed by atoms with Crippen molar-refractivity contribution in [2.45, 2.75) is 31.7 Å². The van der Waals surface area contributed by atoms with Crippen molar-refractivity contribution in [1.82, 2.24) is 9.88 Å². The van der Waals surface area contributed by atoms with Crippen LogP contribution < -0.4 is 0 Å². The zero-order chi connectivity index (χ0) is 14.0. The molecule has 5 nitrogen and oxygen atoms in total. The Bertz CT molecular complexity index is 520. The molecule has 1 unspecified atom stereocenters. The second-order valence-corrected chi connectivity index (χ2v) is 4.60. The van der Waals surface area contributed by atoms with Crippen molar-refractivity contribution in [3.05, 3.63) is 29.8 Å². The Balaban J connectivity index is 2.35. The van der Waals surface area contributed by atoms with Gasteiger partial charge in [-0.3, -0.25) is 4.79 Å². The fourth-order valence-electron chi connectivity index (χ4n) is 2.58. The lowest BCUT2D eigenvalue weighted by molar-refractivity contribution is -0.148. The lowest BCUT2D eigenvalue weighted by Crippen LogP contribution is -2.52. The van der Waals surface area contributed by atoms with Crippen molar-refractivity contribution in [3.8, 4) is 0 Å². The van der Waals surface area contributed by atoms with Crippen LogP contribution in [0.4, 0.5) is 4.39 Å².